The first kappa shape index (κ1) is 19.2. The van der Waals surface area contributed by atoms with Gasteiger partial charge in [0.2, 0.25) is 6.10 Å². The number of benzene rings is 2. The minimum atomic E-state index is -4.83. The Bertz CT molecular complexity index is 859. The van der Waals surface area contributed by atoms with E-state index in [1.54, 1.807) is 0 Å². The van der Waals surface area contributed by atoms with Gasteiger partial charge in [0.05, 0.1) is 5.02 Å². The molecule has 1 atom stereocenters. The Morgan fingerprint density at radius 1 is 0.926 bits per heavy atom. The van der Waals surface area contributed by atoms with Gasteiger partial charge in [0.15, 0.2) is 0 Å². The first-order valence-corrected chi connectivity index (χ1v) is 7.68. The SMILES string of the molecule is FC(F)(F)Oc1ccc(Oc2cc3c(cc2Cl)C=C[C@@H](C(F)(F)F)O3)cc1. The topological polar surface area (TPSA) is 27.7 Å². The molecular formula is C17H9ClF6O3. The molecule has 0 bridgehead atoms. The molecule has 0 amide bonds. The van der Waals surface area contributed by atoms with Crippen molar-refractivity contribution in [1.82, 2.24) is 0 Å². The van der Waals surface area contributed by atoms with Crippen LogP contribution in [0.4, 0.5) is 26.3 Å². The third-order valence-corrected chi connectivity index (χ3v) is 3.67. The van der Waals surface area contributed by atoms with Gasteiger partial charge in [-0.3, -0.25) is 0 Å². The Kier molecular flexibility index (Phi) is 4.90. The van der Waals surface area contributed by atoms with Gasteiger partial charge in [0, 0.05) is 11.6 Å². The van der Waals surface area contributed by atoms with Gasteiger partial charge in [-0.25, -0.2) is 0 Å². The molecule has 10 heteroatoms. The van der Waals surface area contributed by atoms with Crippen LogP contribution in [0.1, 0.15) is 5.56 Å². The number of hydrogen-bond acceptors (Lipinski definition) is 3. The Balaban J connectivity index is 1.80. The van der Waals surface area contributed by atoms with E-state index in [0.29, 0.717) is 5.56 Å². The van der Waals surface area contributed by atoms with E-state index in [2.05, 4.69) is 4.74 Å². The second kappa shape index (κ2) is 6.88. The zero-order valence-corrected chi connectivity index (χ0v) is 13.8. The normalized spacial score (nSPS) is 16.5. The van der Waals surface area contributed by atoms with Crippen LogP contribution in [0.15, 0.2) is 42.5 Å². The minimum absolute atomic E-state index is 0.0175. The maximum atomic E-state index is 12.8. The zero-order chi connectivity index (χ0) is 19.8. The molecule has 27 heavy (non-hydrogen) atoms. The zero-order valence-electron chi connectivity index (χ0n) is 13.1. The molecule has 0 aliphatic carbocycles. The van der Waals surface area contributed by atoms with Crippen molar-refractivity contribution >= 4 is 17.7 Å². The van der Waals surface area contributed by atoms with Crippen LogP contribution >= 0.6 is 11.6 Å². The molecule has 2 aromatic carbocycles. The van der Waals surface area contributed by atoms with Crippen molar-refractivity contribution in [2.45, 2.75) is 18.6 Å². The Hall–Kier alpha value is -2.55. The fraction of sp³-hybridized carbons (Fsp3) is 0.176. The van der Waals surface area contributed by atoms with Crippen molar-refractivity contribution in [1.29, 1.82) is 0 Å². The lowest BCUT2D eigenvalue weighted by Gasteiger charge is -2.24. The lowest BCUT2D eigenvalue weighted by Crippen LogP contribution is -2.33. The largest absolute Gasteiger partial charge is 0.573 e. The van der Waals surface area contributed by atoms with E-state index in [-0.39, 0.29) is 22.3 Å². The summed E-state index contributed by atoms with van der Waals surface area (Å²) in [6.45, 7) is 0. The summed E-state index contributed by atoms with van der Waals surface area (Å²) in [6.07, 6.45) is -9.42. The number of fused-ring (bicyclic) bond motifs is 1. The Morgan fingerprint density at radius 2 is 1.56 bits per heavy atom. The van der Waals surface area contributed by atoms with Crippen molar-refractivity contribution in [3.05, 3.63) is 53.1 Å². The molecule has 0 radical (unpaired) electrons. The van der Waals surface area contributed by atoms with Crippen LogP contribution in [-0.4, -0.2) is 18.6 Å². The van der Waals surface area contributed by atoms with Crippen LogP contribution in [-0.2, 0) is 0 Å². The van der Waals surface area contributed by atoms with Crippen molar-refractivity contribution in [3.8, 4) is 23.0 Å². The van der Waals surface area contributed by atoms with Gasteiger partial charge >= 0.3 is 12.5 Å². The first-order chi connectivity index (χ1) is 12.5. The highest BCUT2D eigenvalue weighted by Gasteiger charge is 2.41. The van der Waals surface area contributed by atoms with Gasteiger partial charge < -0.3 is 14.2 Å². The van der Waals surface area contributed by atoms with Gasteiger partial charge in [-0.1, -0.05) is 17.7 Å². The summed E-state index contributed by atoms with van der Waals surface area (Å²) in [7, 11) is 0. The van der Waals surface area contributed by atoms with Crippen LogP contribution < -0.4 is 14.2 Å². The molecule has 0 aromatic heterocycles. The van der Waals surface area contributed by atoms with E-state index in [9.17, 15) is 26.3 Å². The van der Waals surface area contributed by atoms with Crippen LogP contribution in [0.25, 0.3) is 6.08 Å². The Labute approximate surface area is 153 Å². The van der Waals surface area contributed by atoms with E-state index < -0.39 is 24.4 Å². The van der Waals surface area contributed by atoms with E-state index in [0.717, 1.165) is 18.2 Å². The minimum Gasteiger partial charge on any atom is -0.476 e. The summed E-state index contributed by atoms with van der Waals surface area (Å²) >= 11 is 6.05. The number of ether oxygens (including phenoxy) is 3. The third kappa shape index (κ3) is 4.79. The molecule has 2 aromatic rings. The quantitative estimate of drug-likeness (QED) is 0.550. The van der Waals surface area contributed by atoms with Crippen LogP contribution in [0.2, 0.25) is 5.02 Å². The van der Waals surface area contributed by atoms with E-state index in [1.807, 2.05) is 0 Å². The molecule has 0 unspecified atom stereocenters. The summed E-state index contributed by atoms with van der Waals surface area (Å²) in [5.74, 6) is -0.453. The molecular weight excluding hydrogens is 402 g/mol. The summed E-state index contributed by atoms with van der Waals surface area (Å²) < 4.78 is 88.9. The maximum Gasteiger partial charge on any atom is 0.573 e. The molecule has 1 aliphatic rings. The van der Waals surface area contributed by atoms with E-state index in [4.69, 9.17) is 21.1 Å². The molecule has 3 rings (SSSR count). The van der Waals surface area contributed by atoms with Gasteiger partial charge in [-0.15, -0.1) is 13.2 Å². The monoisotopic (exact) mass is 410 g/mol. The number of halogens is 7. The predicted octanol–water partition coefficient (Wildman–Crippen LogP) is 6.37. The molecule has 0 N–H and O–H groups in total. The standard InChI is InChI=1S/C17H9ClF6O3/c18-12-7-9-1-6-15(16(19,20)21)26-13(9)8-14(12)25-10-2-4-11(5-3-10)27-17(22,23)24/h1-8,15H/t15-/m0/s1. The van der Waals surface area contributed by atoms with Crippen molar-refractivity contribution in [2.24, 2.45) is 0 Å². The second-order valence-electron chi connectivity index (χ2n) is 5.38. The van der Waals surface area contributed by atoms with E-state index in [1.165, 1.54) is 30.3 Å². The summed E-state index contributed by atoms with van der Waals surface area (Å²) in [5.41, 5.74) is 0.335. The molecule has 0 saturated heterocycles. The van der Waals surface area contributed by atoms with Crippen molar-refractivity contribution < 1.29 is 40.6 Å². The highest BCUT2D eigenvalue weighted by atomic mass is 35.5. The molecule has 1 heterocycles. The number of alkyl halides is 6. The molecule has 0 fully saturated rings. The predicted molar refractivity (Wildman–Crippen MR) is 84.2 cm³/mol. The molecule has 0 saturated carbocycles. The summed E-state index contributed by atoms with van der Waals surface area (Å²) in [5, 5.41) is 0.0862. The number of rotatable bonds is 3. The lowest BCUT2D eigenvalue weighted by atomic mass is 10.1. The van der Waals surface area contributed by atoms with Gasteiger partial charge in [-0.2, -0.15) is 13.2 Å². The fourth-order valence-electron chi connectivity index (χ4n) is 2.24. The van der Waals surface area contributed by atoms with Crippen molar-refractivity contribution in [2.75, 3.05) is 0 Å². The summed E-state index contributed by atoms with van der Waals surface area (Å²) in [6, 6.07) is 6.96. The number of hydrogen-bond donors (Lipinski definition) is 0. The molecule has 3 nitrogen and oxygen atoms in total. The molecule has 144 valence electrons. The maximum absolute atomic E-state index is 12.8. The van der Waals surface area contributed by atoms with E-state index >= 15 is 0 Å². The van der Waals surface area contributed by atoms with Crippen LogP contribution in [0, 0.1) is 0 Å². The lowest BCUT2D eigenvalue weighted by molar-refractivity contribution is -0.274. The molecule has 1 aliphatic heterocycles. The van der Waals surface area contributed by atoms with Crippen LogP contribution in [0.3, 0.4) is 0 Å². The van der Waals surface area contributed by atoms with Gasteiger partial charge in [0.1, 0.15) is 23.0 Å². The highest BCUT2D eigenvalue weighted by Crippen LogP contribution is 2.40. The average molecular weight is 411 g/mol. The second-order valence-corrected chi connectivity index (χ2v) is 5.79. The first-order valence-electron chi connectivity index (χ1n) is 7.30. The molecule has 0 spiro atoms. The fourth-order valence-corrected chi connectivity index (χ4v) is 2.45. The smallest absolute Gasteiger partial charge is 0.476 e. The third-order valence-electron chi connectivity index (χ3n) is 3.38. The average Bonchev–Trinajstić information content (AvgIpc) is 2.54. The van der Waals surface area contributed by atoms with Gasteiger partial charge in [-0.05, 0) is 36.4 Å². The van der Waals surface area contributed by atoms with Crippen molar-refractivity contribution in [3.63, 3.8) is 0 Å². The van der Waals surface area contributed by atoms with Gasteiger partial charge in [0.25, 0.3) is 0 Å². The highest BCUT2D eigenvalue weighted by molar-refractivity contribution is 6.32. The Morgan fingerprint density at radius 3 is 2.15 bits per heavy atom. The van der Waals surface area contributed by atoms with Crippen LogP contribution in [0.5, 0.6) is 23.0 Å². The summed E-state index contributed by atoms with van der Waals surface area (Å²) in [4.78, 5) is 0.